The molecule has 1 heterocycles. The van der Waals surface area contributed by atoms with Crippen molar-refractivity contribution in [3.8, 4) is 0 Å². The van der Waals surface area contributed by atoms with Crippen molar-refractivity contribution in [2.24, 2.45) is 11.1 Å². The van der Waals surface area contributed by atoms with Gasteiger partial charge >= 0.3 is 0 Å². The van der Waals surface area contributed by atoms with Crippen molar-refractivity contribution in [3.05, 3.63) is 29.8 Å². The van der Waals surface area contributed by atoms with Gasteiger partial charge < -0.3 is 21.1 Å². The van der Waals surface area contributed by atoms with E-state index >= 15 is 0 Å². The number of amides is 2. The maximum Gasteiger partial charge on any atom is 0.253 e. The number of carbonyl (C=O) groups excluding carboxylic acids is 2. The molecule has 4 N–H and O–H groups in total. The lowest BCUT2D eigenvalue weighted by atomic mass is 9.87. The van der Waals surface area contributed by atoms with Crippen LogP contribution in [0, 0.1) is 5.41 Å². The Labute approximate surface area is 143 Å². The Balaban J connectivity index is 1.90. The van der Waals surface area contributed by atoms with Crippen LogP contribution in [0.3, 0.4) is 0 Å². The fourth-order valence-corrected chi connectivity index (χ4v) is 2.46. The van der Waals surface area contributed by atoms with Crippen LogP contribution in [0.1, 0.15) is 39.2 Å². The summed E-state index contributed by atoms with van der Waals surface area (Å²) in [6.07, 6.45) is 1.31. The van der Waals surface area contributed by atoms with Crippen molar-refractivity contribution in [2.45, 2.75) is 52.3 Å². The van der Waals surface area contributed by atoms with Gasteiger partial charge in [-0.05, 0) is 36.0 Å². The maximum atomic E-state index is 12.1. The highest BCUT2D eigenvalue weighted by Gasteiger charge is 2.27. The van der Waals surface area contributed by atoms with Crippen LogP contribution in [-0.2, 0) is 20.9 Å². The van der Waals surface area contributed by atoms with Crippen molar-refractivity contribution < 1.29 is 14.3 Å². The van der Waals surface area contributed by atoms with Crippen molar-refractivity contribution in [3.63, 3.8) is 0 Å². The zero-order valence-corrected chi connectivity index (χ0v) is 14.6. The Kier molecular flexibility index (Phi) is 5.96. The standard InChI is InChI=1S/C18H27N3O3/c1-18(2,3)15(19)17(23)20-11-12-6-4-7-13(10-12)21-16(22)14-8-5-9-24-14/h4,6-7,10,14-15H,5,8-9,11,19H2,1-3H3,(H,20,23)(H,21,22)/t14?,15-/m1/s1. The molecule has 2 atom stereocenters. The van der Waals surface area contributed by atoms with E-state index in [9.17, 15) is 9.59 Å². The van der Waals surface area contributed by atoms with Crippen LogP contribution in [0.5, 0.6) is 0 Å². The van der Waals surface area contributed by atoms with Crippen LogP contribution in [0.25, 0.3) is 0 Å². The van der Waals surface area contributed by atoms with Crippen LogP contribution < -0.4 is 16.4 Å². The largest absolute Gasteiger partial charge is 0.368 e. The number of benzene rings is 1. The van der Waals surface area contributed by atoms with Gasteiger partial charge in [0.15, 0.2) is 0 Å². The molecule has 0 radical (unpaired) electrons. The van der Waals surface area contributed by atoms with Gasteiger partial charge in [-0.1, -0.05) is 32.9 Å². The Bertz CT molecular complexity index is 589. The fourth-order valence-electron chi connectivity index (χ4n) is 2.46. The number of ether oxygens (including phenoxy) is 1. The summed E-state index contributed by atoms with van der Waals surface area (Å²) >= 11 is 0. The summed E-state index contributed by atoms with van der Waals surface area (Å²) in [7, 11) is 0. The van der Waals surface area contributed by atoms with Crippen LogP contribution >= 0.6 is 0 Å². The third kappa shape index (κ3) is 5.04. The molecule has 2 rings (SSSR count). The summed E-state index contributed by atoms with van der Waals surface area (Å²) in [4.78, 5) is 24.1. The average molecular weight is 333 g/mol. The highest BCUT2D eigenvalue weighted by Crippen LogP contribution is 2.18. The van der Waals surface area contributed by atoms with Gasteiger partial charge in [0, 0.05) is 18.8 Å². The van der Waals surface area contributed by atoms with E-state index in [4.69, 9.17) is 10.5 Å². The molecule has 132 valence electrons. The zero-order chi connectivity index (χ0) is 17.7. The van der Waals surface area contributed by atoms with Gasteiger partial charge in [0.1, 0.15) is 6.10 Å². The van der Waals surface area contributed by atoms with E-state index in [0.717, 1.165) is 18.4 Å². The first-order valence-electron chi connectivity index (χ1n) is 8.32. The van der Waals surface area contributed by atoms with Crippen LogP contribution in [0.4, 0.5) is 5.69 Å². The normalized spacial score (nSPS) is 18.9. The van der Waals surface area contributed by atoms with E-state index in [-0.39, 0.29) is 23.3 Å². The number of rotatable bonds is 5. The van der Waals surface area contributed by atoms with E-state index in [1.165, 1.54) is 0 Å². The molecule has 2 amide bonds. The van der Waals surface area contributed by atoms with Gasteiger partial charge in [-0.2, -0.15) is 0 Å². The first-order chi connectivity index (χ1) is 11.3. The number of hydrogen-bond donors (Lipinski definition) is 3. The molecular weight excluding hydrogens is 306 g/mol. The molecule has 0 saturated carbocycles. The summed E-state index contributed by atoms with van der Waals surface area (Å²) in [5.74, 6) is -0.306. The molecule has 0 spiro atoms. The summed E-state index contributed by atoms with van der Waals surface area (Å²) in [5, 5.41) is 5.70. The van der Waals surface area contributed by atoms with E-state index in [1.54, 1.807) is 0 Å². The maximum absolute atomic E-state index is 12.1. The van der Waals surface area contributed by atoms with E-state index in [2.05, 4.69) is 10.6 Å². The molecule has 6 heteroatoms. The average Bonchev–Trinajstić information content (AvgIpc) is 3.06. The fraction of sp³-hybridized carbons (Fsp3) is 0.556. The van der Waals surface area contributed by atoms with Crippen molar-refractivity contribution >= 4 is 17.5 Å². The second-order valence-corrected chi connectivity index (χ2v) is 7.25. The summed E-state index contributed by atoms with van der Waals surface area (Å²) in [6.45, 7) is 6.79. The summed E-state index contributed by atoms with van der Waals surface area (Å²) in [6, 6.07) is 6.83. The van der Waals surface area contributed by atoms with Gasteiger partial charge in [0.2, 0.25) is 5.91 Å². The Morgan fingerprint density at radius 3 is 2.75 bits per heavy atom. The number of nitrogens with one attached hydrogen (secondary N) is 2. The topological polar surface area (TPSA) is 93.5 Å². The smallest absolute Gasteiger partial charge is 0.253 e. The zero-order valence-electron chi connectivity index (χ0n) is 14.6. The van der Waals surface area contributed by atoms with Gasteiger partial charge in [-0.15, -0.1) is 0 Å². The third-order valence-corrected chi connectivity index (χ3v) is 4.10. The van der Waals surface area contributed by atoms with Crippen molar-refractivity contribution in [1.82, 2.24) is 5.32 Å². The lowest BCUT2D eigenvalue weighted by Crippen LogP contribution is -2.48. The number of carbonyl (C=O) groups is 2. The van der Waals surface area contributed by atoms with Gasteiger partial charge in [0.05, 0.1) is 6.04 Å². The Hall–Kier alpha value is -1.92. The Morgan fingerprint density at radius 2 is 2.12 bits per heavy atom. The molecule has 1 unspecified atom stereocenters. The van der Waals surface area contributed by atoms with Crippen LogP contribution in [0.15, 0.2) is 24.3 Å². The lowest BCUT2D eigenvalue weighted by molar-refractivity contribution is -0.125. The molecule has 1 aliphatic rings. The third-order valence-electron chi connectivity index (χ3n) is 4.10. The summed E-state index contributed by atoms with van der Waals surface area (Å²) < 4.78 is 5.37. The molecule has 0 bridgehead atoms. The number of anilines is 1. The first kappa shape index (κ1) is 18.4. The predicted molar refractivity (Wildman–Crippen MR) is 93.3 cm³/mol. The highest BCUT2D eigenvalue weighted by atomic mass is 16.5. The van der Waals surface area contributed by atoms with Crippen molar-refractivity contribution in [2.75, 3.05) is 11.9 Å². The Morgan fingerprint density at radius 1 is 1.38 bits per heavy atom. The first-order valence-corrected chi connectivity index (χ1v) is 8.32. The molecular formula is C18H27N3O3. The van der Waals surface area contributed by atoms with Crippen LogP contribution in [0.2, 0.25) is 0 Å². The monoisotopic (exact) mass is 333 g/mol. The SMILES string of the molecule is CC(C)(C)[C@H](N)C(=O)NCc1cccc(NC(=O)C2CCCO2)c1. The second-order valence-electron chi connectivity index (χ2n) is 7.25. The minimum Gasteiger partial charge on any atom is -0.368 e. The minimum atomic E-state index is -0.570. The molecule has 1 fully saturated rings. The molecule has 1 saturated heterocycles. The lowest BCUT2D eigenvalue weighted by Gasteiger charge is -2.25. The molecule has 0 aliphatic carbocycles. The quantitative estimate of drug-likeness (QED) is 0.766. The summed E-state index contributed by atoms with van der Waals surface area (Å²) in [5.41, 5.74) is 7.25. The van der Waals surface area contributed by atoms with E-state index in [0.29, 0.717) is 18.8 Å². The molecule has 24 heavy (non-hydrogen) atoms. The van der Waals surface area contributed by atoms with Gasteiger partial charge in [-0.3, -0.25) is 9.59 Å². The highest BCUT2D eigenvalue weighted by molar-refractivity contribution is 5.94. The molecule has 1 aromatic rings. The van der Waals surface area contributed by atoms with Crippen LogP contribution in [-0.4, -0.2) is 30.6 Å². The second kappa shape index (κ2) is 7.77. The number of hydrogen-bond acceptors (Lipinski definition) is 4. The van der Waals surface area contributed by atoms with Gasteiger partial charge in [0.25, 0.3) is 5.91 Å². The van der Waals surface area contributed by atoms with E-state index < -0.39 is 6.04 Å². The van der Waals surface area contributed by atoms with E-state index in [1.807, 2.05) is 45.0 Å². The predicted octanol–water partition coefficient (Wildman–Crippen LogP) is 1.79. The molecule has 1 aliphatic heterocycles. The molecule has 1 aromatic carbocycles. The van der Waals surface area contributed by atoms with Crippen molar-refractivity contribution in [1.29, 1.82) is 0 Å². The minimum absolute atomic E-state index is 0.122. The number of nitrogens with two attached hydrogens (primary N) is 1. The van der Waals surface area contributed by atoms with Gasteiger partial charge in [-0.25, -0.2) is 0 Å². The molecule has 6 nitrogen and oxygen atoms in total. The molecule has 0 aromatic heterocycles.